The smallest absolute Gasteiger partial charge is 0.262 e. The molecule has 0 aliphatic rings. The van der Waals surface area contributed by atoms with Crippen molar-refractivity contribution >= 4 is 34.0 Å². The lowest BCUT2D eigenvalue weighted by molar-refractivity contribution is -0.123. The Hall–Kier alpha value is -2.87. The topological polar surface area (TPSA) is 100 Å². The first-order chi connectivity index (χ1) is 13.3. The first-order valence-corrected chi connectivity index (χ1v) is 9.38. The average Bonchev–Trinajstić information content (AvgIpc) is 2.68. The fourth-order valence-corrected chi connectivity index (χ4v) is 2.89. The van der Waals surface area contributed by atoms with Gasteiger partial charge >= 0.3 is 0 Å². The molecule has 0 spiro atoms. The predicted octanol–water partition coefficient (Wildman–Crippen LogP) is 3.07. The highest BCUT2D eigenvalue weighted by Crippen LogP contribution is 2.32. The summed E-state index contributed by atoms with van der Waals surface area (Å²) >= 11 is 3.31. The largest absolute Gasteiger partial charge is 0.504 e. The summed E-state index contributed by atoms with van der Waals surface area (Å²) in [7, 11) is 1.44. The third-order valence-electron chi connectivity index (χ3n) is 3.94. The zero-order chi connectivity index (χ0) is 20.7. The number of phenolic OH excluding ortho intramolecular Hbond substituents is 1. The number of carbonyl (C=O) groups is 2. The van der Waals surface area contributed by atoms with Crippen LogP contribution in [0, 0.1) is 5.92 Å². The van der Waals surface area contributed by atoms with Gasteiger partial charge in [0.05, 0.1) is 13.3 Å². The van der Waals surface area contributed by atoms with E-state index >= 15 is 0 Å². The van der Waals surface area contributed by atoms with Crippen molar-refractivity contribution in [1.82, 2.24) is 10.7 Å². The lowest BCUT2D eigenvalue weighted by atomic mass is 10.0. The minimum absolute atomic E-state index is 0.0958. The van der Waals surface area contributed by atoms with Crippen molar-refractivity contribution in [3.05, 3.63) is 58.1 Å². The lowest BCUT2D eigenvalue weighted by Crippen LogP contribution is -2.48. The molecule has 0 fully saturated rings. The molecule has 28 heavy (non-hydrogen) atoms. The van der Waals surface area contributed by atoms with E-state index in [9.17, 15) is 14.7 Å². The Balaban J connectivity index is 2.08. The number of halogens is 1. The Bertz CT molecular complexity index is 869. The number of carbonyl (C=O) groups excluding carboxylic acids is 2. The number of ether oxygens (including phenoxy) is 1. The van der Waals surface area contributed by atoms with Gasteiger partial charge in [-0.05, 0) is 30.2 Å². The highest BCUT2D eigenvalue weighted by Gasteiger charge is 2.24. The normalized spacial score (nSPS) is 12.0. The zero-order valence-electron chi connectivity index (χ0n) is 15.8. The molecule has 2 amide bonds. The summed E-state index contributed by atoms with van der Waals surface area (Å²) in [4.78, 5) is 24.8. The molecule has 0 aliphatic heterocycles. The summed E-state index contributed by atoms with van der Waals surface area (Å²) in [6, 6.07) is 11.1. The van der Waals surface area contributed by atoms with E-state index in [-0.39, 0.29) is 23.3 Å². The molecule has 2 aromatic carbocycles. The summed E-state index contributed by atoms with van der Waals surface area (Å²) in [5, 5.41) is 16.7. The Morgan fingerprint density at radius 1 is 1.21 bits per heavy atom. The third kappa shape index (κ3) is 5.56. The highest BCUT2D eigenvalue weighted by molar-refractivity contribution is 9.10. The Labute approximate surface area is 171 Å². The van der Waals surface area contributed by atoms with Crippen LogP contribution in [0.15, 0.2) is 52.0 Å². The molecule has 2 aromatic rings. The van der Waals surface area contributed by atoms with Gasteiger partial charge in [-0.3, -0.25) is 9.59 Å². The number of phenols is 1. The van der Waals surface area contributed by atoms with Crippen molar-refractivity contribution in [2.24, 2.45) is 11.0 Å². The quantitative estimate of drug-likeness (QED) is 0.448. The second-order valence-electron chi connectivity index (χ2n) is 6.34. The van der Waals surface area contributed by atoms with Crippen molar-refractivity contribution in [3.8, 4) is 11.5 Å². The van der Waals surface area contributed by atoms with Gasteiger partial charge in [0.1, 0.15) is 6.04 Å². The van der Waals surface area contributed by atoms with E-state index in [0.717, 1.165) is 0 Å². The van der Waals surface area contributed by atoms with Gasteiger partial charge in [-0.25, -0.2) is 5.43 Å². The first kappa shape index (κ1) is 21.4. The monoisotopic (exact) mass is 447 g/mol. The van der Waals surface area contributed by atoms with Crippen LogP contribution in [0.25, 0.3) is 0 Å². The number of benzene rings is 2. The van der Waals surface area contributed by atoms with E-state index in [1.54, 1.807) is 36.4 Å². The molecular weight excluding hydrogens is 426 g/mol. The number of rotatable bonds is 7. The van der Waals surface area contributed by atoms with Gasteiger partial charge in [-0.1, -0.05) is 48.0 Å². The van der Waals surface area contributed by atoms with Crippen LogP contribution in [-0.4, -0.2) is 36.3 Å². The van der Waals surface area contributed by atoms with Crippen LogP contribution in [0.5, 0.6) is 11.5 Å². The van der Waals surface area contributed by atoms with E-state index < -0.39 is 11.9 Å². The van der Waals surface area contributed by atoms with E-state index in [0.29, 0.717) is 15.6 Å². The number of nitrogens with zero attached hydrogens (tertiary/aromatic N) is 1. The molecule has 0 aromatic heterocycles. The lowest BCUT2D eigenvalue weighted by Gasteiger charge is -2.20. The molecule has 7 nitrogen and oxygen atoms in total. The van der Waals surface area contributed by atoms with Crippen LogP contribution in [0.1, 0.15) is 29.8 Å². The van der Waals surface area contributed by atoms with Crippen LogP contribution in [-0.2, 0) is 4.79 Å². The highest BCUT2D eigenvalue weighted by atomic mass is 79.9. The summed E-state index contributed by atoms with van der Waals surface area (Å²) < 4.78 is 5.76. The van der Waals surface area contributed by atoms with Crippen molar-refractivity contribution in [2.75, 3.05) is 7.11 Å². The SMILES string of the molecule is COc1cc(Br)cc(C=NNC(=O)C(NC(=O)c2ccccc2)C(C)C)c1O. The average molecular weight is 448 g/mol. The Kier molecular flexibility index (Phi) is 7.57. The molecule has 148 valence electrons. The second-order valence-corrected chi connectivity index (χ2v) is 7.26. The molecule has 1 unspecified atom stereocenters. The molecule has 8 heteroatoms. The van der Waals surface area contributed by atoms with Crippen LogP contribution in [0.3, 0.4) is 0 Å². The molecule has 0 saturated heterocycles. The molecule has 0 aliphatic carbocycles. The number of methoxy groups -OCH3 is 1. The van der Waals surface area contributed by atoms with Gasteiger partial charge in [0.25, 0.3) is 11.8 Å². The maximum absolute atomic E-state index is 12.5. The maximum atomic E-state index is 12.5. The summed E-state index contributed by atoms with van der Waals surface area (Å²) in [6.07, 6.45) is 1.30. The van der Waals surface area contributed by atoms with Gasteiger partial charge in [-0.15, -0.1) is 0 Å². The van der Waals surface area contributed by atoms with Crippen LogP contribution in [0.2, 0.25) is 0 Å². The van der Waals surface area contributed by atoms with Crippen molar-refractivity contribution in [1.29, 1.82) is 0 Å². The molecule has 0 heterocycles. The fraction of sp³-hybridized carbons (Fsp3) is 0.250. The number of hydrogen-bond acceptors (Lipinski definition) is 5. The van der Waals surface area contributed by atoms with Crippen molar-refractivity contribution in [2.45, 2.75) is 19.9 Å². The molecule has 3 N–H and O–H groups in total. The van der Waals surface area contributed by atoms with Crippen molar-refractivity contribution in [3.63, 3.8) is 0 Å². The number of hydrogen-bond donors (Lipinski definition) is 3. The second kappa shape index (κ2) is 9.89. The van der Waals surface area contributed by atoms with E-state index in [1.165, 1.54) is 13.3 Å². The number of aromatic hydroxyl groups is 1. The van der Waals surface area contributed by atoms with Crippen LogP contribution >= 0.6 is 15.9 Å². The van der Waals surface area contributed by atoms with Gasteiger partial charge < -0.3 is 15.2 Å². The minimum Gasteiger partial charge on any atom is -0.504 e. The van der Waals surface area contributed by atoms with Gasteiger partial charge in [0, 0.05) is 15.6 Å². The molecule has 0 saturated carbocycles. The maximum Gasteiger partial charge on any atom is 0.262 e. The fourth-order valence-electron chi connectivity index (χ4n) is 2.43. The molecule has 0 bridgehead atoms. The van der Waals surface area contributed by atoms with Gasteiger partial charge in [0.15, 0.2) is 11.5 Å². The van der Waals surface area contributed by atoms with Gasteiger partial charge in [0.2, 0.25) is 0 Å². The minimum atomic E-state index is -0.768. The Morgan fingerprint density at radius 2 is 1.89 bits per heavy atom. The van der Waals surface area contributed by atoms with Crippen molar-refractivity contribution < 1.29 is 19.4 Å². The third-order valence-corrected chi connectivity index (χ3v) is 4.40. The molecule has 0 radical (unpaired) electrons. The van der Waals surface area contributed by atoms with Crippen LogP contribution < -0.4 is 15.5 Å². The van der Waals surface area contributed by atoms with E-state index in [2.05, 4.69) is 31.8 Å². The molecule has 2 rings (SSSR count). The summed E-state index contributed by atoms with van der Waals surface area (Å²) in [6.45, 7) is 3.65. The molecular formula is C20H22BrN3O4. The number of nitrogens with one attached hydrogen (secondary N) is 2. The van der Waals surface area contributed by atoms with E-state index in [1.807, 2.05) is 19.9 Å². The molecule has 1 atom stereocenters. The summed E-state index contributed by atoms with van der Waals surface area (Å²) in [5.74, 6) is -0.772. The number of amides is 2. The summed E-state index contributed by atoms with van der Waals surface area (Å²) in [5.41, 5.74) is 3.23. The number of hydrazone groups is 1. The van der Waals surface area contributed by atoms with Gasteiger partial charge in [-0.2, -0.15) is 5.10 Å². The Morgan fingerprint density at radius 3 is 2.50 bits per heavy atom. The standard InChI is InChI=1S/C20H22BrN3O4/c1-12(2)17(23-19(26)13-7-5-4-6-8-13)20(27)24-22-11-14-9-15(21)10-16(28-3)18(14)25/h4-12,17,25H,1-3H3,(H,23,26)(H,24,27). The predicted molar refractivity (Wildman–Crippen MR) is 111 cm³/mol. The first-order valence-electron chi connectivity index (χ1n) is 8.58. The zero-order valence-corrected chi connectivity index (χ0v) is 17.4. The van der Waals surface area contributed by atoms with Crippen LogP contribution in [0.4, 0.5) is 0 Å². The van der Waals surface area contributed by atoms with E-state index in [4.69, 9.17) is 4.74 Å².